The Labute approximate surface area is 162 Å². The maximum Gasteiger partial charge on any atom is 0.375 e. The Kier molecular flexibility index (Phi) is 6.23. The lowest BCUT2D eigenvalue weighted by Gasteiger charge is -1.98. The van der Waals surface area contributed by atoms with E-state index in [1.165, 1.54) is 24.1 Å². The van der Waals surface area contributed by atoms with Crippen LogP contribution in [0.4, 0.5) is 0 Å². The zero-order chi connectivity index (χ0) is 18.4. The Balaban J connectivity index is 1.48. The van der Waals surface area contributed by atoms with Crippen LogP contribution in [-0.2, 0) is 4.74 Å². The highest BCUT2D eigenvalue weighted by atomic mass is 35.5. The Hall–Kier alpha value is -2.40. The van der Waals surface area contributed by atoms with Gasteiger partial charge in [-0.2, -0.15) is 0 Å². The minimum absolute atomic E-state index is 0.0322. The number of aromatic nitrogens is 2. The van der Waals surface area contributed by atoms with Gasteiger partial charge in [-0.05, 0) is 30.3 Å². The predicted octanol–water partition coefficient (Wildman–Crippen LogP) is 4.59. The number of hydrogen-bond donors (Lipinski definition) is 0. The van der Waals surface area contributed by atoms with Gasteiger partial charge >= 0.3 is 5.97 Å². The third kappa shape index (κ3) is 4.82. The lowest BCUT2D eigenvalue weighted by molar-refractivity contribution is 0.0520. The van der Waals surface area contributed by atoms with Crippen LogP contribution in [0.2, 0.25) is 10.0 Å². The number of ether oxygens (including phenoxy) is 1. The molecule has 0 spiro atoms. The average Bonchev–Trinajstić information content (AvgIpc) is 3.29. The molecular weight excluding hydrogens is 399 g/mol. The number of carbonyl (C=O) groups is 1. The van der Waals surface area contributed by atoms with Gasteiger partial charge in [-0.1, -0.05) is 46.8 Å². The summed E-state index contributed by atoms with van der Waals surface area (Å²) in [4.78, 5) is 11.5. The van der Waals surface area contributed by atoms with Crippen molar-refractivity contribution >= 4 is 40.9 Å². The quantitative estimate of drug-likeness (QED) is 0.347. The van der Waals surface area contributed by atoms with Crippen molar-refractivity contribution in [1.29, 1.82) is 0 Å². The molecule has 0 unspecified atom stereocenters. The molecule has 0 fully saturated rings. The number of furan rings is 1. The first kappa shape index (κ1) is 18.4. The minimum Gasteiger partial charge on any atom is -0.457 e. The molecule has 6 nitrogen and oxygen atoms in total. The molecule has 0 saturated heterocycles. The van der Waals surface area contributed by atoms with Crippen LogP contribution in [0, 0.1) is 11.8 Å². The van der Waals surface area contributed by atoms with Gasteiger partial charge in [0.05, 0.1) is 22.6 Å². The summed E-state index contributed by atoms with van der Waals surface area (Å²) in [5.41, 5.74) is 0.603. The van der Waals surface area contributed by atoms with Crippen LogP contribution in [-0.4, -0.2) is 28.5 Å². The standard InChI is InChI=1S/C17H10Cl2N2O4S/c18-11-5-6-12(13(19)10-11)15-20-21-17(25-15)26-9-2-1-7-24-16(22)14-4-3-8-23-14/h3-6,8,10H,7,9H2. The molecule has 132 valence electrons. The molecule has 0 bridgehead atoms. The summed E-state index contributed by atoms with van der Waals surface area (Å²) in [7, 11) is 0. The van der Waals surface area contributed by atoms with E-state index in [0.717, 1.165) is 0 Å². The fraction of sp³-hybridized carbons (Fsp3) is 0.118. The first-order valence-corrected chi connectivity index (χ1v) is 8.95. The summed E-state index contributed by atoms with van der Waals surface area (Å²) in [6.45, 7) is -0.0322. The van der Waals surface area contributed by atoms with Crippen LogP contribution >= 0.6 is 35.0 Å². The van der Waals surface area contributed by atoms with E-state index in [1.54, 1.807) is 24.3 Å². The fourth-order valence-electron chi connectivity index (χ4n) is 1.81. The zero-order valence-electron chi connectivity index (χ0n) is 13.1. The van der Waals surface area contributed by atoms with E-state index in [2.05, 4.69) is 22.0 Å². The molecule has 26 heavy (non-hydrogen) atoms. The molecule has 2 aromatic heterocycles. The molecule has 0 aliphatic carbocycles. The first-order valence-electron chi connectivity index (χ1n) is 7.21. The number of thioether (sulfide) groups is 1. The van der Waals surface area contributed by atoms with E-state index in [1.807, 2.05) is 0 Å². The molecule has 0 saturated carbocycles. The molecule has 0 atom stereocenters. The SMILES string of the molecule is O=C(OCC#CCSc1nnc(-c2ccc(Cl)cc2Cl)o1)c1ccco1. The number of hydrogen-bond acceptors (Lipinski definition) is 7. The second-order valence-electron chi connectivity index (χ2n) is 4.69. The van der Waals surface area contributed by atoms with Crippen LogP contribution in [0.15, 0.2) is 50.7 Å². The molecular formula is C17H10Cl2N2O4S. The lowest BCUT2D eigenvalue weighted by atomic mass is 10.2. The summed E-state index contributed by atoms with van der Waals surface area (Å²) in [5, 5.41) is 9.18. The summed E-state index contributed by atoms with van der Waals surface area (Å²) < 4.78 is 15.4. The average molecular weight is 409 g/mol. The molecule has 3 aromatic rings. The van der Waals surface area contributed by atoms with Gasteiger partial charge in [0.2, 0.25) is 11.7 Å². The van der Waals surface area contributed by atoms with E-state index in [4.69, 9.17) is 36.8 Å². The van der Waals surface area contributed by atoms with Crippen molar-refractivity contribution in [2.75, 3.05) is 12.4 Å². The normalized spacial score (nSPS) is 10.2. The van der Waals surface area contributed by atoms with Crippen molar-refractivity contribution in [1.82, 2.24) is 10.2 Å². The first-order chi connectivity index (χ1) is 12.6. The van der Waals surface area contributed by atoms with Crippen molar-refractivity contribution in [2.24, 2.45) is 0 Å². The minimum atomic E-state index is -0.557. The van der Waals surface area contributed by atoms with Crippen LogP contribution in [0.1, 0.15) is 10.6 Å². The molecule has 0 amide bonds. The van der Waals surface area contributed by atoms with Gasteiger partial charge in [0.25, 0.3) is 5.22 Å². The molecule has 0 radical (unpaired) electrons. The van der Waals surface area contributed by atoms with Crippen LogP contribution < -0.4 is 0 Å². The number of rotatable bonds is 5. The molecule has 3 rings (SSSR count). The maximum absolute atomic E-state index is 11.5. The van der Waals surface area contributed by atoms with Crippen LogP contribution in [0.25, 0.3) is 11.5 Å². The number of benzene rings is 1. The molecule has 2 heterocycles. The monoisotopic (exact) mass is 408 g/mol. The molecule has 0 aliphatic heterocycles. The van der Waals surface area contributed by atoms with Gasteiger partial charge in [-0.3, -0.25) is 0 Å². The number of esters is 1. The van der Waals surface area contributed by atoms with E-state index in [-0.39, 0.29) is 12.4 Å². The van der Waals surface area contributed by atoms with Crippen molar-refractivity contribution in [3.63, 3.8) is 0 Å². The summed E-state index contributed by atoms with van der Waals surface area (Å²) in [5.74, 6) is 5.84. The molecule has 1 aromatic carbocycles. The van der Waals surface area contributed by atoms with Crippen molar-refractivity contribution in [3.05, 3.63) is 52.4 Å². The van der Waals surface area contributed by atoms with E-state index >= 15 is 0 Å². The van der Waals surface area contributed by atoms with Gasteiger partial charge in [-0.25, -0.2) is 4.79 Å². The highest BCUT2D eigenvalue weighted by Crippen LogP contribution is 2.30. The van der Waals surface area contributed by atoms with Crippen LogP contribution in [0.5, 0.6) is 0 Å². The fourth-order valence-corrected chi connectivity index (χ4v) is 2.83. The molecule has 9 heteroatoms. The highest BCUT2D eigenvalue weighted by molar-refractivity contribution is 7.99. The second-order valence-corrected chi connectivity index (χ2v) is 6.46. The number of nitrogens with zero attached hydrogens (tertiary/aromatic N) is 2. The third-order valence-corrected chi connectivity index (χ3v) is 4.21. The van der Waals surface area contributed by atoms with E-state index < -0.39 is 5.97 Å². The van der Waals surface area contributed by atoms with E-state index in [0.29, 0.717) is 32.5 Å². The summed E-state index contributed by atoms with van der Waals surface area (Å²) in [6, 6.07) is 8.13. The topological polar surface area (TPSA) is 78.4 Å². The van der Waals surface area contributed by atoms with Crippen LogP contribution in [0.3, 0.4) is 0 Å². The maximum atomic E-state index is 11.5. The summed E-state index contributed by atoms with van der Waals surface area (Å²) in [6.07, 6.45) is 1.40. The Morgan fingerprint density at radius 2 is 2.12 bits per heavy atom. The van der Waals surface area contributed by atoms with Crippen molar-refractivity contribution in [3.8, 4) is 23.3 Å². The predicted molar refractivity (Wildman–Crippen MR) is 97.2 cm³/mol. The van der Waals surface area contributed by atoms with Gasteiger partial charge < -0.3 is 13.6 Å². The second kappa shape index (κ2) is 8.81. The van der Waals surface area contributed by atoms with Gasteiger partial charge in [0.1, 0.15) is 0 Å². The van der Waals surface area contributed by atoms with Gasteiger partial charge in [0.15, 0.2) is 6.61 Å². The molecule has 0 aliphatic rings. The Morgan fingerprint density at radius 3 is 2.88 bits per heavy atom. The van der Waals surface area contributed by atoms with Gasteiger partial charge in [-0.15, -0.1) is 10.2 Å². The zero-order valence-corrected chi connectivity index (χ0v) is 15.4. The van der Waals surface area contributed by atoms with Crippen molar-refractivity contribution < 1.29 is 18.4 Å². The largest absolute Gasteiger partial charge is 0.457 e. The summed E-state index contributed by atoms with van der Waals surface area (Å²) >= 11 is 13.2. The number of halogens is 2. The third-order valence-electron chi connectivity index (χ3n) is 2.96. The lowest BCUT2D eigenvalue weighted by Crippen LogP contribution is -2.03. The van der Waals surface area contributed by atoms with Crippen molar-refractivity contribution in [2.45, 2.75) is 5.22 Å². The Morgan fingerprint density at radius 1 is 1.23 bits per heavy atom. The Bertz CT molecular complexity index is 961. The molecule has 0 N–H and O–H groups in total. The van der Waals surface area contributed by atoms with E-state index in [9.17, 15) is 4.79 Å². The number of carbonyl (C=O) groups excluding carboxylic acids is 1. The smallest absolute Gasteiger partial charge is 0.375 e. The highest BCUT2D eigenvalue weighted by Gasteiger charge is 2.12. The van der Waals surface area contributed by atoms with Gasteiger partial charge in [0, 0.05) is 5.02 Å².